The minimum Gasteiger partial charge on any atom is -0.492 e. The summed E-state index contributed by atoms with van der Waals surface area (Å²) >= 11 is 0. The van der Waals surface area contributed by atoms with Crippen LogP contribution in [0.2, 0.25) is 0 Å². The number of carbonyl (C=O) groups is 2. The molecule has 0 radical (unpaired) electrons. The lowest BCUT2D eigenvalue weighted by molar-refractivity contribution is -0.122. The van der Waals surface area contributed by atoms with Crippen molar-refractivity contribution in [1.29, 1.82) is 0 Å². The number of ether oxygens (including phenoxy) is 1. The lowest BCUT2D eigenvalue weighted by Gasteiger charge is -2.33. The van der Waals surface area contributed by atoms with E-state index in [-0.39, 0.29) is 41.9 Å². The lowest BCUT2D eigenvalue weighted by atomic mass is 10.0. The number of hydrogen-bond donors (Lipinski definition) is 3. The molecule has 9 nitrogen and oxygen atoms in total. The first-order valence-electron chi connectivity index (χ1n) is 11.9. The molecule has 36 heavy (non-hydrogen) atoms. The van der Waals surface area contributed by atoms with Crippen LogP contribution in [0.25, 0.3) is 10.9 Å². The van der Waals surface area contributed by atoms with Gasteiger partial charge in [0, 0.05) is 25.3 Å². The molecule has 2 fully saturated rings. The molecule has 1 saturated carbocycles. The molecular formula is C25H30F2N4O5. The van der Waals surface area contributed by atoms with Crippen LogP contribution in [0.5, 0.6) is 5.75 Å². The predicted octanol–water partition coefficient (Wildman–Crippen LogP) is 2.73. The number of amides is 1. The second-order valence-corrected chi connectivity index (χ2v) is 9.21. The number of aromatic nitrogens is 1. The van der Waals surface area contributed by atoms with E-state index in [4.69, 9.17) is 4.74 Å². The molecule has 194 valence electrons. The Morgan fingerprint density at radius 3 is 2.67 bits per heavy atom. The number of anilines is 1. The Labute approximate surface area is 206 Å². The molecule has 1 amide bonds. The largest absolute Gasteiger partial charge is 0.492 e. The Kier molecular flexibility index (Phi) is 7.30. The van der Waals surface area contributed by atoms with Gasteiger partial charge >= 0.3 is 5.97 Å². The van der Waals surface area contributed by atoms with Gasteiger partial charge in [-0.15, -0.1) is 0 Å². The first kappa shape index (κ1) is 25.6. The first-order valence-corrected chi connectivity index (χ1v) is 11.9. The van der Waals surface area contributed by atoms with Gasteiger partial charge < -0.3 is 29.9 Å². The molecule has 1 atom stereocenters. The van der Waals surface area contributed by atoms with Crippen molar-refractivity contribution >= 4 is 28.5 Å². The fourth-order valence-electron chi connectivity index (χ4n) is 4.58. The number of rotatable bonds is 8. The number of fused-ring (bicyclic) bond motifs is 1. The molecule has 0 spiro atoms. The van der Waals surface area contributed by atoms with Crippen LogP contribution >= 0.6 is 0 Å². The molecule has 11 heteroatoms. The Morgan fingerprint density at radius 1 is 1.33 bits per heavy atom. The number of benzene rings is 1. The van der Waals surface area contributed by atoms with Crippen molar-refractivity contribution in [2.75, 3.05) is 38.7 Å². The highest BCUT2D eigenvalue weighted by Gasteiger charge is 2.32. The van der Waals surface area contributed by atoms with Crippen LogP contribution in [0.3, 0.4) is 0 Å². The van der Waals surface area contributed by atoms with Crippen LogP contribution in [0.4, 0.5) is 14.5 Å². The summed E-state index contributed by atoms with van der Waals surface area (Å²) in [4.78, 5) is 38.2. The van der Waals surface area contributed by atoms with Crippen LogP contribution in [-0.2, 0) is 4.79 Å². The Morgan fingerprint density at radius 2 is 2.06 bits per heavy atom. The molecule has 1 saturated heterocycles. The van der Waals surface area contributed by atoms with Crippen molar-refractivity contribution in [3.63, 3.8) is 0 Å². The van der Waals surface area contributed by atoms with Crippen LogP contribution in [0.1, 0.15) is 49.0 Å². The number of carboxylic acid groups (broad SMARTS) is 1. The average Bonchev–Trinajstić information content (AvgIpc) is 3.71. The molecular weight excluding hydrogens is 474 g/mol. The van der Waals surface area contributed by atoms with Gasteiger partial charge in [-0.05, 0) is 51.3 Å². The molecule has 2 heterocycles. The first-order chi connectivity index (χ1) is 17.2. The predicted molar refractivity (Wildman–Crippen MR) is 131 cm³/mol. The van der Waals surface area contributed by atoms with E-state index < -0.39 is 34.6 Å². The number of carbonyl (C=O) groups excluding carboxylic acids is 1. The van der Waals surface area contributed by atoms with E-state index >= 15 is 4.39 Å². The van der Waals surface area contributed by atoms with E-state index in [9.17, 15) is 23.9 Å². The number of halogens is 2. The summed E-state index contributed by atoms with van der Waals surface area (Å²) in [6.07, 6.45) is 3.91. The Hall–Kier alpha value is -3.47. The lowest BCUT2D eigenvalue weighted by Crippen LogP contribution is -2.41. The number of methoxy groups -OCH3 is 1. The van der Waals surface area contributed by atoms with Gasteiger partial charge in [-0.25, -0.2) is 13.6 Å². The molecule has 1 aromatic heterocycles. The van der Waals surface area contributed by atoms with Crippen LogP contribution in [0, 0.1) is 5.82 Å². The highest BCUT2D eigenvalue weighted by atomic mass is 19.1. The van der Waals surface area contributed by atoms with E-state index in [1.165, 1.54) is 13.3 Å². The third-order valence-corrected chi connectivity index (χ3v) is 6.81. The zero-order chi connectivity index (χ0) is 26.1. The summed E-state index contributed by atoms with van der Waals surface area (Å²) < 4.78 is 37.8. The third-order valence-electron chi connectivity index (χ3n) is 6.81. The number of hydrogen-bond acceptors (Lipinski definition) is 6. The van der Waals surface area contributed by atoms with Gasteiger partial charge in [-0.1, -0.05) is 0 Å². The summed E-state index contributed by atoms with van der Waals surface area (Å²) in [5.74, 6) is -2.82. The maximum atomic E-state index is 15.5. The highest BCUT2D eigenvalue weighted by molar-refractivity contribution is 5.97. The fourth-order valence-corrected chi connectivity index (χ4v) is 4.58. The summed E-state index contributed by atoms with van der Waals surface area (Å²) in [6.45, 7) is 1.92. The van der Waals surface area contributed by atoms with Crippen molar-refractivity contribution < 1.29 is 28.2 Å². The summed E-state index contributed by atoms with van der Waals surface area (Å²) in [6, 6.07) is 0.567. The number of piperidine rings is 1. The minimum absolute atomic E-state index is 0.0173. The molecule has 1 aliphatic carbocycles. The molecule has 0 unspecified atom stereocenters. The maximum Gasteiger partial charge on any atom is 0.341 e. The Balaban J connectivity index is 1.75. The zero-order valence-electron chi connectivity index (χ0n) is 20.5. The third kappa shape index (κ3) is 4.79. The second kappa shape index (κ2) is 10.3. The molecule has 2 aromatic rings. The van der Waals surface area contributed by atoms with Crippen LogP contribution < -0.4 is 25.7 Å². The summed E-state index contributed by atoms with van der Waals surface area (Å²) in [7, 11) is 3.00. The van der Waals surface area contributed by atoms with Gasteiger partial charge in [0.1, 0.15) is 17.1 Å². The van der Waals surface area contributed by atoms with Crippen LogP contribution in [-0.4, -0.2) is 61.4 Å². The van der Waals surface area contributed by atoms with Crippen molar-refractivity contribution in [1.82, 2.24) is 15.2 Å². The monoisotopic (exact) mass is 504 g/mol. The number of carboxylic acids is 1. The van der Waals surface area contributed by atoms with E-state index in [2.05, 4.69) is 10.6 Å². The number of likely N-dealkylation sites (N-methyl/N-ethyl adjacent to an activating group) is 1. The molecule has 2 aliphatic rings. The smallest absolute Gasteiger partial charge is 0.341 e. The van der Waals surface area contributed by atoms with Crippen molar-refractivity contribution in [3.05, 3.63) is 45.3 Å². The molecule has 1 aliphatic heterocycles. The summed E-state index contributed by atoms with van der Waals surface area (Å²) in [5.41, 5.74) is -0.338. The van der Waals surface area contributed by atoms with Gasteiger partial charge in [0.2, 0.25) is 11.3 Å². The minimum atomic E-state index is -1.38. The molecule has 3 N–H and O–H groups in total. The van der Waals surface area contributed by atoms with Crippen molar-refractivity contribution in [2.24, 2.45) is 0 Å². The number of aromatic carboxylic acids is 1. The standard InChI is InChI=1S/C25H30F2N4O5/c1-13(28-2)24(33)29-10-19(27)14-5-4-8-30(11-14)21-18(26)9-16-20(23(21)36-3)31(15-6-7-15)12-17(22(16)32)25(34)35/h9,12-13,15,28H,4-8,10-11H2,1-3H3,(H,29,33)(H,34,35)/t13-/m0/s1. The van der Waals surface area contributed by atoms with E-state index in [1.54, 1.807) is 23.4 Å². The van der Waals surface area contributed by atoms with Crippen molar-refractivity contribution in [2.45, 2.75) is 44.7 Å². The van der Waals surface area contributed by atoms with Crippen molar-refractivity contribution in [3.8, 4) is 5.75 Å². The maximum absolute atomic E-state index is 15.5. The van der Waals surface area contributed by atoms with Gasteiger partial charge in [0.05, 0.1) is 30.6 Å². The topological polar surface area (TPSA) is 113 Å². The fraction of sp³-hybridized carbons (Fsp3) is 0.480. The van der Waals surface area contributed by atoms with Gasteiger partial charge in [0.25, 0.3) is 0 Å². The molecule has 1 aromatic carbocycles. The quantitative estimate of drug-likeness (QED) is 0.507. The molecule has 4 rings (SSSR count). The normalized spacial score (nSPS) is 18.2. The molecule has 0 bridgehead atoms. The summed E-state index contributed by atoms with van der Waals surface area (Å²) in [5, 5.41) is 14.8. The second-order valence-electron chi connectivity index (χ2n) is 9.21. The van der Waals surface area contributed by atoms with E-state index in [0.29, 0.717) is 30.5 Å². The van der Waals surface area contributed by atoms with E-state index in [0.717, 1.165) is 18.9 Å². The number of pyridine rings is 1. The van der Waals surface area contributed by atoms with E-state index in [1.807, 2.05) is 0 Å². The average molecular weight is 505 g/mol. The number of nitrogens with one attached hydrogen (secondary N) is 2. The zero-order valence-corrected chi connectivity index (χ0v) is 20.5. The highest BCUT2D eigenvalue weighted by Crippen LogP contribution is 2.44. The number of nitrogens with zero attached hydrogens (tertiary/aromatic N) is 2. The van der Waals surface area contributed by atoms with Gasteiger partial charge in [-0.3, -0.25) is 9.59 Å². The Bertz CT molecular complexity index is 1300. The SMILES string of the molecule is CN[C@@H](C)C(=O)NCC(F)=C1CCCN(c2c(F)cc3c(=O)c(C(=O)O)cn(C4CC4)c3c2OC)C1. The van der Waals surface area contributed by atoms with Gasteiger partial charge in [0.15, 0.2) is 11.6 Å². The van der Waals surface area contributed by atoms with Gasteiger partial charge in [-0.2, -0.15) is 0 Å². The van der Waals surface area contributed by atoms with Crippen LogP contribution in [0.15, 0.2) is 28.5 Å².